The van der Waals surface area contributed by atoms with Crippen LogP contribution in [0.1, 0.15) is 31.1 Å². The Morgan fingerprint density at radius 2 is 1.87 bits per heavy atom. The zero-order chi connectivity index (χ0) is 17.6. The second-order valence-corrected chi connectivity index (χ2v) is 6.36. The summed E-state index contributed by atoms with van der Waals surface area (Å²) in [6, 6.07) is 5.06. The van der Waals surface area contributed by atoms with Crippen molar-refractivity contribution < 1.29 is 14.3 Å². The molecule has 1 aromatic carbocycles. The number of nitrogen functional groups attached to an aromatic ring is 1. The Balaban J connectivity index is 2.59. The molecule has 128 valence electrons. The second kappa shape index (κ2) is 7.71. The molecule has 0 radical (unpaired) electrons. The summed E-state index contributed by atoms with van der Waals surface area (Å²) in [4.78, 5) is 25.2. The third kappa shape index (κ3) is 6.46. The Morgan fingerprint density at radius 3 is 2.43 bits per heavy atom. The SMILES string of the molecule is CN(C)C(=O)c1ccc(N)cc1NCCNC(=O)OC(C)(C)C. The normalized spacial score (nSPS) is 10.8. The molecule has 1 aromatic rings. The fourth-order valence-electron chi connectivity index (χ4n) is 1.81. The number of carbonyl (C=O) groups excluding carboxylic acids is 2. The van der Waals surface area contributed by atoms with E-state index in [2.05, 4.69) is 10.6 Å². The highest BCUT2D eigenvalue weighted by atomic mass is 16.6. The Morgan fingerprint density at radius 1 is 1.22 bits per heavy atom. The first-order chi connectivity index (χ1) is 10.6. The molecule has 7 nitrogen and oxygen atoms in total. The lowest BCUT2D eigenvalue weighted by Gasteiger charge is -2.20. The molecule has 0 aliphatic heterocycles. The molecule has 0 spiro atoms. The van der Waals surface area contributed by atoms with E-state index in [0.29, 0.717) is 30.0 Å². The fourth-order valence-corrected chi connectivity index (χ4v) is 1.81. The summed E-state index contributed by atoms with van der Waals surface area (Å²) < 4.78 is 5.14. The largest absolute Gasteiger partial charge is 0.444 e. The Kier molecular flexibility index (Phi) is 6.24. The van der Waals surface area contributed by atoms with Crippen molar-refractivity contribution in [2.24, 2.45) is 0 Å². The van der Waals surface area contributed by atoms with Crippen molar-refractivity contribution in [1.29, 1.82) is 0 Å². The molecule has 0 saturated heterocycles. The van der Waals surface area contributed by atoms with Gasteiger partial charge in [-0.15, -0.1) is 0 Å². The van der Waals surface area contributed by atoms with Gasteiger partial charge in [0.05, 0.1) is 5.56 Å². The first-order valence-electron chi connectivity index (χ1n) is 7.42. The lowest BCUT2D eigenvalue weighted by atomic mass is 10.1. The van der Waals surface area contributed by atoms with Gasteiger partial charge < -0.3 is 26.0 Å². The van der Waals surface area contributed by atoms with Gasteiger partial charge in [0.1, 0.15) is 5.60 Å². The maximum absolute atomic E-state index is 12.1. The maximum Gasteiger partial charge on any atom is 0.407 e. The third-order valence-electron chi connectivity index (χ3n) is 2.79. The smallest absolute Gasteiger partial charge is 0.407 e. The number of nitrogens with one attached hydrogen (secondary N) is 2. The molecule has 7 heteroatoms. The zero-order valence-corrected chi connectivity index (χ0v) is 14.4. The van der Waals surface area contributed by atoms with Crippen molar-refractivity contribution in [3.05, 3.63) is 23.8 Å². The molecule has 0 aliphatic rings. The van der Waals surface area contributed by atoms with E-state index in [1.807, 2.05) is 0 Å². The predicted octanol–water partition coefficient (Wildman–Crippen LogP) is 1.91. The van der Waals surface area contributed by atoms with E-state index in [9.17, 15) is 9.59 Å². The number of rotatable bonds is 5. The number of alkyl carbamates (subject to hydrolysis) is 1. The molecule has 1 rings (SSSR count). The monoisotopic (exact) mass is 322 g/mol. The van der Waals surface area contributed by atoms with Crippen molar-refractivity contribution in [2.75, 3.05) is 38.2 Å². The number of amides is 2. The van der Waals surface area contributed by atoms with Gasteiger partial charge in [0.2, 0.25) is 0 Å². The highest BCUT2D eigenvalue weighted by molar-refractivity contribution is 6.00. The molecule has 0 aliphatic carbocycles. The van der Waals surface area contributed by atoms with E-state index in [0.717, 1.165) is 0 Å². The van der Waals surface area contributed by atoms with E-state index < -0.39 is 11.7 Å². The van der Waals surface area contributed by atoms with Gasteiger partial charge in [-0.05, 0) is 39.0 Å². The number of nitrogens with two attached hydrogens (primary N) is 1. The van der Waals surface area contributed by atoms with Crippen LogP contribution in [-0.4, -0.2) is 49.7 Å². The number of ether oxygens (including phenoxy) is 1. The van der Waals surface area contributed by atoms with E-state index in [1.54, 1.807) is 53.1 Å². The van der Waals surface area contributed by atoms with Gasteiger partial charge in [0.15, 0.2) is 0 Å². The lowest BCUT2D eigenvalue weighted by Crippen LogP contribution is -2.35. The molecule has 0 aromatic heterocycles. The summed E-state index contributed by atoms with van der Waals surface area (Å²) >= 11 is 0. The molecular weight excluding hydrogens is 296 g/mol. The minimum atomic E-state index is -0.531. The van der Waals surface area contributed by atoms with Crippen LogP contribution < -0.4 is 16.4 Å². The number of nitrogens with zero attached hydrogens (tertiary/aromatic N) is 1. The summed E-state index contributed by atoms with van der Waals surface area (Å²) in [7, 11) is 3.37. The summed E-state index contributed by atoms with van der Waals surface area (Å²) in [6.07, 6.45) is -0.475. The van der Waals surface area contributed by atoms with Gasteiger partial charge in [-0.1, -0.05) is 0 Å². The van der Waals surface area contributed by atoms with Crippen LogP contribution in [0.2, 0.25) is 0 Å². The van der Waals surface area contributed by atoms with E-state index in [4.69, 9.17) is 10.5 Å². The van der Waals surface area contributed by atoms with Gasteiger partial charge in [-0.3, -0.25) is 4.79 Å². The van der Waals surface area contributed by atoms with Crippen molar-refractivity contribution in [1.82, 2.24) is 10.2 Å². The van der Waals surface area contributed by atoms with Crippen LogP contribution in [0, 0.1) is 0 Å². The highest BCUT2D eigenvalue weighted by Crippen LogP contribution is 2.20. The quantitative estimate of drug-likeness (QED) is 0.568. The average molecular weight is 322 g/mol. The van der Waals surface area contributed by atoms with Gasteiger partial charge in [0, 0.05) is 38.6 Å². The van der Waals surface area contributed by atoms with Crippen LogP contribution in [0.5, 0.6) is 0 Å². The van der Waals surface area contributed by atoms with Gasteiger partial charge >= 0.3 is 6.09 Å². The maximum atomic E-state index is 12.1. The van der Waals surface area contributed by atoms with E-state index in [-0.39, 0.29) is 5.91 Å². The Bertz CT molecular complexity index is 565. The first kappa shape index (κ1) is 18.6. The third-order valence-corrected chi connectivity index (χ3v) is 2.79. The topological polar surface area (TPSA) is 96.7 Å². The van der Waals surface area contributed by atoms with Crippen LogP contribution in [0.3, 0.4) is 0 Å². The fraction of sp³-hybridized carbons (Fsp3) is 0.500. The number of carbonyl (C=O) groups is 2. The van der Waals surface area contributed by atoms with Gasteiger partial charge in [0.25, 0.3) is 5.91 Å². The molecule has 0 heterocycles. The van der Waals surface area contributed by atoms with Crippen molar-refractivity contribution in [3.63, 3.8) is 0 Å². The summed E-state index contributed by atoms with van der Waals surface area (Å²) in [5.74, 6) is -0.118. The van der Waals surface area contributed by atoms with Crippen LogP contribution in [0.15, 0.2) is 18.2 Å². The molecule has 0 saturated carbocycles. The molecule has 0 bridgehead atoms. The molecule has 0 fully saturated rings. The number of hydrogen-bond donors (Lipinski definition) is 3. The Labute approximate surface area is 137 Å². The van der Waals surface area contributed by atoms with Crippen molar-refractivity contribution in [3.8, 4) is 0 Å². The molecule has 0 unspecified atom stereocenters. The van der Waals surface area contributed by atoms with Gasteiger partial charge in [-0.25, -0.2) is 4.79 Å². The standard InChI is InChI=1S/C16H26N4O3/c1-16(2,3)23-15(22)19-9-8-18-13-10-11(17)6-7-12(13)14(21)20(4)5/h6-7,10,18H,8-9,17H2,1-5H3,(H,19,22). The number of anilines is 2. The van der Waals surface area contributed by atoms with E-state index >= 15 is 0 Å². The van der Waals surface area contributed by atoms with Gasteiger partial charge in [-0.2, -0.15) is 0 Å². The molecule has 0 atom stereocenters. The average Bonchev–Trinajstić information content (AvgIpc) is 2.41. The minimum Gasteiger partial charge on any atom is -0.444 e. The molecule has 4 N–H and O–H groups in total. The second-order valence-electron chi connectivity index (χ2n) is 6.36. The molecule has 2 amide bonds. The van der Waals surface area contributed by atoms with Crippen LogP contribution in [-0.2, 0) is 4.74 Å². The number of benzene rings is 1. The minimum absolute atomic E-state index is 0.118. The van der Waals surface area contributed by atoms with Crippen LogP contribution in [0.25, 0.3) is 0 Å². The summed E-state index contributed by atoms with van der Waals surface area (Å²) in [6.45, 7) is 6.21. The zero-order valence-electron chi connectivity index (χ0n) is 14.4. The lowest BCUT2D eigenvalue weighted by molar-refractivity contribution is 0.0529. The summed E-state index contributed by atoms with van der Waals surface area (Å²) in [5, 5.41) is 5.76. The van der Waals surface area contributed by atoms with Crippen LogP contribution in [0.4, 0.5) is 16.2 Å². The first-order valence-corrected chi connectivity index (χ1v) is 7.42. The van der Waals surface area contributed by atoms with E-state index in [1.165, 1.54) is 4.90 Å². The van der Waals surface area contributed by atoms with Crippen LogP contribution >= 0.6 is 0 Å². The predicted molar refractivity (Wildman–Crippen MR) is 91.6 cm³/mol. The summed E-state index contributed by atoms with van der Waals surface area (Å²) in [5.41, 5.74) is 6.96. The highest BCUT2D eigenvalue weighted by Gasteiger charge is 2.16. The number of hydrogen-bond acceptors (Lipinski definition) is 5. The molecule has 23 heavy (non-hydrogen) atoms. The Hall–Kier alpha value is -2.44. The van der Waals surface area contributed by atoms with Crippen molar-refractivity contribution >= 4 is 23.4 Å². The van der Waals surface area contributed by atoms with Crippen molar-refractivity contribution in [2.45, 2.75) is 26.4 Å². The molecular formula is C16H26N4O3.